The zero-order chi connectivity index (χ0) is 10.8. The molecule has 0 atom stereocenters. The lowest BCUT2D eigenvalue weighted by atomic mass is 10.2. The van der Waals surface area contributed by atoms with Crippen LogP contribution in [0.1, 0.15) is 10.4 Å². The molecule has 0 spiro atoms. The molecule has 76 valence electrons. The van der Waals surface area contributed by atoms with Crippen LogP contribution in [-0.2, 0) is 0 Å². The lowest BCUT2D eigenvalue weighted by molar-refractivity contribution is 0.0942. The number of carbonyl (C=O) groups is 1. The van der Waals surface area contributed by atoms with Crippen molar-refractivity contribution in [3.63, 3.8) is 0 Å². The van der Waals surface area contributed by atoms with Gasteiger partial charge in [-0.25, -0.2) is 4.98 Å². The molecule has 1 heterocycles. The number of benzene rings is 1. The van der Waals surface area contributed by atoms with Crippen molar-refractivity contribution in [2.75, 3.05) is 5.73 Å². The first-order valence-electron chi connectivity index (χ1n) is 4.18. The van der Waals surface area contributed by atoms with E-state index in [2.05, 4.69) is 10.1 Å². The van der Waals surface area contributed by atoms with Gasteiger partial charge in [0.15, 0.2) is 0 Å². The van der Waals surface area contributed by atoms with E-state index >= 15 is 0 Å². The second-order valence-corrected chi connectivity index (χ2v) is 2.87. The molecule has 1 aromatic heterocycles. The number of nitrogen functional groups attached to an aromatic ring is 1. The highest BCUT2D eigenvalue weighted by Crippen LogP contribution is 2.16. The second-order valence-electron chi connectivity index (χ2n) is 2.87. The van der Waals surface area contributed by atoms with E-state index in [-0.39, 0.29) is 17.3 Å². The molecule has 0 fully saturated rings. The maximum atomic E-state index is 11.7. The third-order valence-corrected chi connectivity index (χ3v) is 1.85. The summed E-state index contributed by atoms with van der Waals surface area (Å²) in [6.07, 6.45) is 1.20. The first-order chi connectivity index (χ1) is 7.18. The van der Waals surface area contributed by atoms with Crippen LogP contribution in [-0.4, -0.2) is 25.8 Å². The molecule has 0 bridgehead atoms. The maximum absolute atomic E-state index is 11.7. The first kappa shape index (κ1) is 9.20. The van der Waals surface area contributed by atoms with Gasteiger partial charge in [-0.3, -0.25) is 4.79 Å². The number of carbonyl (C=O) groups excluding carboxylic acids is 1. The predicted octanol–water partition coefficient (Wildman–Crippen LogP) is 0.254. The van der Waals surface area contributed by atoms with Crippen molar-refractivity contribution in [1.82, 2.24) is 14.8 Å². The van der Waals surface area contributed by atoms with Crippen molar-refractivity contribution in [3.05, 3.63) is 36.2 Å². The Kier molecular flexibility index (Phi) is 2.09. The first-order valence-corrected chi connectivity index (χ1v) is 4.18. The molecule has 3 N–H and O–H groups in total. The van der Waals surface area contributed by atoms with Gasteiger partial charge in [-0.1, -0.05) is 12.1 Å². The summed E-state index contributed by atoms with van der Waals surface area (Å²) in [5, 5.41) is 13.1. The largest absolute Gasteiger partial charge is 0.507 e. The SMILES string of the molecule is Nc1ncn(C(=O)c2ccccc2O)n1. The number of nitrogens with two attached hydrogens (primary N) is 1. The number of aromatic hydroxyl groups is 1. The van der Waals surface area contributed by atoms with E-state index < -0.39 is 5.91 Å². The second kappa shape index (κ2) is 3.41. The Morgan fingerprint density at radius 2 is 2.13 bits per heavy atom. The van der Waals surface area contributed by atoms with E-state index in [4.69, 9.17) is 5.73 Å². The highest BCUT2D eigenvalue weighted by molar-refractivity contribution is 5.97. The van der Waals surface area contributed by atoms with E-state index in [0.29, 0.717) is 0 Å². The van der Waals surface area contributed by atoms with E-state index in [1.807, 2.05) is 0 Å². The summed E-state index contributed by atoms with van der Waals surface area (Å²) in [7, 11) is 0. The molecule has 0 aliphatic heterocycles. The van der Waals surface area contributed by atoms with Crippen LogP contribution in [0.5, 0.6) is 5.75 Å². The summed E-state index contributed by atoms with van der Waals surface area (Å²) >= 11 is 0. The predicted molar refractivity (Wildman–Crippen MR) is 52.3 cm³/mol. The van der Waals surface area contributed by atoms with Crippen LogP contribution >= 0.6 is 0 Å². The average molecular weight is 204 g/mol. The third kappa shape index (κ3) is 1.64. The summed E-state index contributed by atoms with van der Waals surface area (Å²) in [5.41, 5.74) is 5.43. The highest BCUT2D eigenvalue weighted by Gasteiger charge is 2.13. The lowest BCUT2D eigenvalue weighted by Crippen LogP contribution is -2.12. The molecule has 6 heteroatoms. The Hall–Kier alpha value is -2.37. The summed E-state index contributed by atoms with van der Waals surface area (Å²) in [6, 6.07) is 6.19. The van der Waals surface area contributed by atoms with E-state index in [9.17, 15) is 9.90 Å². The van der Waals surface area contributed by atoms with Crippen LogP contribution in [0.15, 0.2) is 30.6 Å². The molecule has 0 unspecified atom stereocenters. The molecule has 2 rings (SSSR count). The molecular formula is C9H8N4O2. The van der Waals surface area contributed by atoms with Crippen molar-refractivity contribution in [1.29, 1.82) is 0 Å². The minimum atomic E-state index is -0.475. The standard InChI is InChI=1S/C9H8N4O2/c10-9-11-5-13(12-9)8(15)6-3-1-2-4-7(6)14/h1-5,14H,(H2,10,12). The zero-order valence-electron chi connectivity index (χ0n) is 7.66. The van der Waals surface area contributed by atoms with Gasteiger partial charge in [0.05, 0.1) is 5.56 Å². The molecule has 6 nitrogen and oxygen atoms in total. The van der Waals surface area contributed by atoms with Gasteiger partial charge in [-0.05, 0) is 12.1 Å². The number of aromatic nitrogens is 3. The molecule has 0 aliphatic rings. The smallest absolute Gasteiger partial charge is 0.283 e. The van der Waals surface area contributed by atoms with E-state index in [1.54, 1.807) is 12.1 Å². The average Bonchev–Trinajstić information content (AvgIpc) is 2.65. The number of hydrogen-bond acceptors (Lipinski definition) is 5. The molecule has 0 saturated heterocycles. The van der Waals surface area contributed by atoms with Gasteiger partial charge < -0.3 is 10.8 Å². The minimum absolute atomic E-state index is 0.0128. The topological polar surface area (TPSA) is 94.0 Å². The number of rotatable bonds is 1. The van der Waals surface area contributed by atoms with Crippen molar-refractivity contribution < 1.29 is 9.90 Å². The van der Waals surface area contributed by atoms with Gasteiger partial charge in [0, 0.05) is 0 Å². The summed E-state index contributed by atoms with van der Waals surface area (Å²) < 4.78 is 0.977. The third-order valence-electron chi connectivity index (χ3n) is 1.85. The summed E-state index contributed by atoms with van der Waals surface area (Å²) in [4.78, 5) is 15.3. The highest BCUT2D eigenvalue weighted by atomic mass is 16.3. The number of phenolic OH excluding ortho intramolecular Hbond substituents is 1. The molecule has 0 aliphatic carbocycles. The van der Waals surface area contributed by atoms with Gasteiger partial charge in [-0.15, -0.1) is 5.10 Å². The maximum Gasteiger partial charge on any atom is 0.283 e. The Morgan fingerprint density at radius 3 is 2.73 bits per heavy atom. The molecule has 0 saturated carbocycles. The van der Waals surface area contributed by atoms with Crippen molar-refractivity contribution in [2.24, 2.45) is 0 Å². The molecule has 15 heavy (non-hydrogen) atoms. The Labute approximate surface area is 85.0 Å². The fraction of sp³-hybridized carbons (Fsp3) is 0. The van der Waals surface area contributed by atoms with Crippen molar-refractivity contribution in [2.45, 2.75) is 0 Å². The number of anilines is 1. The number of para-hydroxylation sites is 1. The van der Waals surface area contributed by atoms with Crippen LogP contribution in [0.2, 0.25) is 0 Å². The quantitative estimate of drug-likeness (QED) is 0.694. The molecule has 2 aromatic rings. The van der Waals surface area contributed by atoms with Gasteiger partial charge >= 0.3 is 0 Å². The van der Waals surface area contributed by atoms with Crippen molar-refractivity contribution in [3.8, 4) is 5.75 Å². The van der Waals surface area contributed by atoms with Crippen LogP contribution in [0, 0.1) is 0 Å². The lowest BCUT2D eigenvalue weighted by Gasteiger charge is -2.01. The summed E-state index contributed by atoms with van der Waals surface area (Å²) in [5.74, 6) is -0.562. The monoisotopic (exact) mass is 204 g/mol. The van der Waals surface area contributed by atoms with Gasteiger partial charge in [0.1, 0.15) is 12.1 Å². The fourth-order valence-corrected chi connectivity index (χ4v) is 1.15. The Bertz CT molecular complexity index is 506. The summed E-state index contributed by atoms with van der Waals surface area (Å²) in [6.45, 7) is 0. The fourth-order valence-electron chi connectivity index (χ4n) is 1.15. The minimum Gasteiger partial charge on any atom is -0.507 e. The van der Waals surface area contributed by atoms with Crippen LogP contribution in [0.3, 0.4) is 0 Å². The van der Waals surface area contributed by atoms with Gasteiger partial charge in [0.25, 0.3) is 5.91 Å². The van der Waals surface area contributed by atoms with Gasteiger partial charge in [-0.2, -0.15) is 4.68 Å². The Morgan fingerprint density at radius 1 is 1.40 bits per heavy atom. The Balaban J connectivity index is 2.41. The van der Waals surface area contributed by atoms with Crippen LogP contribution in [0.25, 0.3) is 0 Å². The van der Waals surface area contributed by atoms with E-state index in [0.717, 1.165) is 4.68 Å². The zero-order valence-corrected chi connectivity index (χ0v) is 7.66. The normalized spacial score (nSPS) is 10.1. The van der Waals surface area contributed by atoms with Crippen molar-refractivity contribution >= 4 is 11.9 Å². The number of nitrogens with zero attached hydrogens (tertiary/aromatic N) is 3. The van der Waals surface area contributed by atoms with Crippen LogP contribution in [0.4, 0.5) is 5.95 Å². The molecule has 0 radical (unpaired) electrons. The molecular weight excluding hydrogens is 196 g/mol. The van der Waals surface area contributed by atoms with Gasteiger partial charge in [0.2, 0.25) is 5.95 Å². The number of hydrogen-bond donors (Lipinski definition) is 2. The van der Waals surface area contributed by atoms with Crippen LogP contribution < -0.4 is 5.73 Å². The molecule has 1 aromatic carbocycles. The van der Waals surface area contributed by atoms with E-state index in [1.165, 1.54) is 18.5 Å². The molecule has 0 amide bonds. The number of phenols is 1.